The van der Waals surface area contributed by atoms with Gasteiger partial charge in [-0.2, -0.15) is 5.10 Å². The Kier molecular flexibility index (Phi) is 6.08. The monoisotopic (exact) mass is 469 g/mol. The maximum Gasteiger partial charge on any atom is 0.253 e. The molecule has 4 aromatic rings. The Balaban J connectivity index is 1.10. The molecule has 2 saturated heterocycles. The number of aromatic nitrogens is 4. The average molecular weight is 470 g/mol. The molecule has 180 valence electrons. The Morgan fingerprint density at radius 1 is 1.00 bits per heavy atom. The van der Waals surface area contributed by atoms with Gasteiger partial charge in [-0.3, -0.25) is 4.79 Å². The van der Waals surface area contributed by atoms with Crippen molar-refractivity contribution in [3.8, 4) is 11.1 Å². The number of piperidine rings is 1. The minimum atomic E-state index is 0.0508. The summed E-state index contributed by atoms with van der Waals surface area (Å²) in [4.78, 5) is 19.4. The zero-order chi connectivity index (χ0) is 23.6. The number of amides is 1. The number of likely N-dealkylation sites (tertiary alicyclic amines) is 1. The van der Waals surface area contributed by atoms with Crippen molar-refractivity contribution < 1.29 is 9.53 Å². The smallest absolute Gasteiger partial charge is 0.253 e. The van der Waals surface area contributed by atoms with Crippen molar-refractivity contribution in [1.29, 1.82) is 0 Å². The number of fused-ring (bicyclic) bond motifs is 1. The van der Waals surface area contributed by atoms with E-state index in [1.807, 2.05) is 52.4 Å². The quantitative estimate of drug-likeness (QED) is 0.405. The summed E-state index contributed by atoms with van der Waals surface area (Å²) < 4.78 is 10.1. The zero-order valence-electron chi connectivity index (χ0n) is 19.9. The Morgan fingerprint density at radius 2 is 1.86 bits per heavy atom. The van der Waals surface area contributed by atoms with Crippen LogP contribution in [0.1, 0.15) is 48.7 Å². The number of ether oxygens (including phenoxy) is 1. The van der Waals surface area contributed by atoms with Crippen LogP contribution in [0.4, 0.5) is 0 Å². The number of nitrogens with zero attached hydrogens (tertiary/aromatic N) is 5. The van der Waals surface area contributed by atoms with Gasteiger partial charge in [0.25, 0.3) is 5.91 Å². The van der Waals surface area contributed by atoms with E-state index in [2.05, 4.69) is 34.1 Å². The highest BCUT2D eigenvalue weighted by Crippen LogP contribution is 2.28. The van der Waals surface area contributed by atoms with Crippen molar-refractivity contribution >= 4 is 16.9 Å². The largest absolute Gasteiger partial charge is 0.357 e. The minimum absolute atomic E-state index is 0.0508. The van der Waals surface area contributed by atoms with Crippen molar-refractivity contribution in [2.45, 2.75) is 44.9 Å². The summed E-state index contributed by atoms with van der Waals surface area (Å²) in [6, 6.07) is 16.1. The number of carbonyl (C=O) groups excluding carboxylic acids is 1. The average Bonchev–Trinajstić information content (AvgIpc) is 3.57. The Hall–Kier alpha value is -3.45. The highest BCUT2D eigenvalue weighted by molar-refractivity contribution is 5.94. The molecule has 0 spiro atoms. The number of carbonyl (C=O) groups is 1. The van der Waals surface area contributed by atoms with Crippen LogP contribution in [0.5, 0.6) is 0 Å². The first kappa shape index (κ1) is 22.0. The summed E-state index contributed by atoms with van der Waals surface area (Å²) in [5.74, 6) is 0.684. The second kappa shape index (κ2) is 9.66. The SMILES string of the molecule is O=C(c1ccccc1)N1CCC(Cn2cnc3cc(-c4cnn(C5CCCCO5)c4)ccc32)CC1. The third-order valence-electron chi connectivity index (χ3n) is 7.38. The number of benzene rings is 2. The molecule has 2 aliphatic heterocycles. The van der Waals surface area contributed by atoms with Crippen molar-refractivity contribution in [1.82, 2.24) is 24.2 Å². The van der Waals surface area contributed by atoms with E-state index in [0.29, 0.717) is 5.92 Å². The first-order valence-electron chi connectivity index (χ1n) is 12.7. The molecule has 4 heterocycles. The number of hydrogen-bond donors (Lipinski definition) is 0. The molecule has 2 aromatic heterocycles. The second-order valence-corrected chi connectivity index (χ2v) is 9.73. The van der Waals surface area contributed by atoms with Crippen LogP contribution in [0.25, 0.3) is 22.2 Å². The van der Waals surface area contributed by atoms with E-state index in [9.17, 15) is 4.79 Å². The lowest BCUT2D eigenvalue weighted by atomic mass is 9.96. The van der Waals surface area contributed by atoms with Gasteiger partial charge in [0.05, 0.1) is 23.6 Å². The molecule has 1 unspecified atom stereocenters. The lowest BCUT2D eigenvalue weighted by molar-refractivity contribution is -0.0394. The molecule has 1 atom stereocenters. The minimum Gasteiger partial charge on any atom is -0.357 e. The lowest BCUT2D eigenvalue weighted by Crippen LogP contribution is -2.39. The van der Waals surface area contributed by atoms with Crippen LogP contribution >= 0.6 is 0 Å². The van der Waals surface area contributed by atoms with Crippen LogP contribution in [0.3, 0.4) is 0 Å². The van der Waals surface area contributed by atoms with E-state index < -0.39 is 0 Å². The molecule has 2 aliphatic rings. The molecule has 7 heteroatoms. The third kappa shape index (κ3) is 4.60. The molecule has 2 fully saturated rings. The van der Waals surface area contributed by atoms with Gasteiger partial charge in [0, 0.05) is 43.6 Å². The number of imidazole rings is 1. The molecule has 0 saturated carbocycles. The van der Waals surface area contributed by atoms with Gasteiger partial charge in [-0.1, -0.05) is 24.3 Å². The third-order valence-corrected chi connectivity index (χ3v) is 7.38. The molecule has 0 radical (unpaired) electrons. The Labute approximate surface area is 205 Å². The summed E-state index contributed by atoms with van der Waals surface area (Å²) in [6.45, 7) is 3.36. The maximum absolute atomic E-state index is 12.7. The summed E-state index contributed by atoms with van der Waals surface area (Å²) in [7, 11) is 0. The molecule has 0 bridgehead atoms. The summed E-state index contributed by atoms with van der Waals surface area (Å²) in [6.07, 6.45) is 11.4. The van der Waals surface area contributed by atoms with Gasteiger partial charge in [-0.05, 0) is 67.9 Å². The predicted molar refractivity (Wildman–Crippen MR) is 135 cm³/mol. The molecular weight excluding hydrogens is 438 g/mol. The normalized spacial score (nSPS) is 19.3. The van der Waals surface area contributed by atoms with E-state index in [1.54, 1.807) is 0 Å². The van der Waals surface area contributed by atoms with Crippen molar-refractivity contribution in [3.63, 3.8) is 0 Å². The number of hydrogen-bond acceptors (Lipinski definition) is 4. The topological polar surface area (TPSA) is 65.2 Å². The first-order chi connectivity index (χ1) is 17.2. The van der Waals surface area contributed by atoms with Crippen LogP contribution in [0, 0.1) is 5.92 Å². The van der Waals surface area contributed by atoms with Gasteiger partial charge < -0.3 is 14.2 Å². The molecular formula is C28H31N5O2. The summed E-state index contributed by atoms with van der Waals surface area (Å²) in [5, 5.41) is 4.55. The van der Waals surface area contributed by atoms with Gasteiger partial charge in [0.1, 0.15) is 6.23 Å². The van der Waals surface area contributed by atoms with E-state index in [0.717, 1.165) is 79.6 Å². The Bertz CT molecular complexity index is 1300. The van der Waals surface area contributed by atoms with E-state index in [-0.39, 0.29) is 12.1 Å². The highest BCUT2D eigenvalue weighted by atomic mass is 16.5. The summed E-state index contributed by atoms with van der Waals surface area (Å²) in [5.41, 5.74) is 5.14. The molecule has 6 rings (SSSR count). The molecule has 35 heavy (non-hydrogen) atoms. The van der Waals surface area contributed by atoms with E-state index in [4.69, 9.17) is 9.72 Å². The fourth-order valence-electron chi connectivity index (χ4n) is 5.33. The maximum atomic E-state index is 12.7. The molecule has 1 amide bonds. The van der Waals surface area contributed by atoms with Crippen molar-refractivity contribution in [3.05, 3.63) is 72.8 Å². The van der Waals surface area contributed by atoms with Gasteiger partial charge in [0.2, 0.25) is 0 Å². The zero-order valence-corrected chi connectivity index (χ0v) is 19.9. The summed E-state index contributed by atoms with van der Waals surface area (Å²) >= 11 is 0. The molecule has 0 aliphatic carbocycles. The van der Waals surface area contributed by atoms with Crippen molar-refractivity contribution in [2.75, 3.05) is 19.7 Å². The van der Waals surface area contributed by atoms with E-state index >= 15 is 0 Å². The highest BCUT2D eigenvalue weighted by Gasteiger charge is 2.24. The number of rotatable bonds is 5. The second-order valence-electron chi connectivity index (χ2n) is 9.73. The predicted octanol–water partition coefficient (Wildman–Crippen LogP) is 5.15. The first-order valence-corrected chi connectivity index (χ1v) is 12.7. The van der Waals surface area contributed by atoms with E-state index in [1.165, 1.54) is 6.42 Å². The van der Waals surface area contributed by atoms with Gasteiger partial charge in [0.15, 0.2) is 0 Å². The van der Waals surface area contributed by atoms with Crippen LogP contribution in [0.15, 0.2) is 67.3 Å². The van der Waals surface area contributed by atoms with Crippen molar-refractivity contribution in [2.24, 2.45) is 5.92 Å². The van der Waals surface area contributed by atoms with Crippen LogP contribution < -0.4 is 0 Å². The van der Waals surface area contributed by atoms with Gasteiger partial charge in [-0.25, -0.2) is 9.67 Å². The standard InChI is InChI=1S/C28H31N5O2/c34-28(22-6-2-1-3-7-22)31-13-11-21(12-14-31)18-32-20-29-25-16-23(9-10-26(25)32)24-17-30-33(19-24)27-8-4-5-15-35-27/h1-3,6-7,9-10,16-17,19-21,27H,4-5,8,11-15,18H2. The van der Waals surface area contributed by atoms with Gasteiger partial charge >= 0.3 is 0 Å². The van der Waals surface area contributed by atoms with Crippen LogP contribution in [-0.4, -0.2) is 49.8 Å². The lowest BCUT2D eigenvalue weighted by Gasteiger charge is -2.32. The fraction of sp³-hybridized carbons (Fsp3) is 0.393. The Morgan fingerprint density at radius 3 is 2.66 bits per heavy atom. The van der Waals surface area contributed by atoms with Crippen LogP contribution in [0.2, 0.25) is 0 Å². The van der Waals surface area contributed by atoms with Crippen LogP contribution in [-0.2, 0) is 11.3 Å². The molecule has 7 nitrogen and oxygen atoms in total. The van der Waals surface area contributed by atoms with Gasteiger partial charge in [-0.15, -0.1) is 0 Å². The molecule has 2 aromatic carbocycles. The fourth-order valence-corrected chi connectivity index (χ4v) is 5.33. The molecule has 0 N–H and O–H groups in total.